The fourth-order valence-electron chi connectivity index (χ4n) is 3.07. The molecule has 2 atom stereocenters. The van der Waals surface area contributed by atoms with Crippen LogP contribution in [0.2, 0.25) is 0 Å². The highest BCUT2D eigenvalue weighted by molar-refractivity contribution is 6.00. The summed E-state index contributed by atoms with van der Waals surface area (Å²) < 4.78 is 7.63. The lowest BCUT2D eigenvalue weighted by Crippen LogP contribution is -2.62. The van der Waals surface area contributed by atoms with E-state index in [-0.39, 0.29) is 29.6 Å². The van der Waals surface area contributed by atoms with Crippen molar-refractivity contribution in [1.82, 2.24) is 14.9 Å². The minimum atomic E-state index is -0.0504. The molecule has 1 aliphatic rings. The van der Waals surface area contributed by atoms with Crippen LogP contribution < -0.4 is 5.32 Å². The Morgan fingerprint density at radius 2 is 2.23 bits per heavy atom. The van der Waals surface area contributed by atoms with Gasteiger partial charge in [-0.2, -0.15) is 5.10 Å². The van der Waals surface area contributed by atoms with Crippen LogP contribution in [0.1, 0.15) is 44.5 Å². The average Bonchev–Trinajstić information content (AvgIpc) is 2.93. The molecule has 2 aromatic rings. The van der Waals surface area contributed by atoms with Crippen LogP contribution in [-0.4, -0.2) is 33.8 Å². The molecule has 1 aliphatic carbocycles. The third-order valence-electron chi connectivity index (χ3n) is 4.60. The van der Waals surface area contributed by atoms with Gasteiger partial charge in [0.2, 0.25) is 0 Å². The summed E-state index contributed by atoms with van der Waals surface area (Å²) in [5, 5.41) is 7.31. The van der Waals surface area contributed by atoms with Gasteiger partial charge in [0.1, 0.15) is 0 Å². The van der Waals surface area contributed by atoms with E-state index in [1.165, 1.54) is 0 Å². The minimum absolute atomic E-state index is 0.0489. The second-order valence-electron chi connectivity index (χ2n) is 6.84. The van der Waals surface area contributed by atoms with Crippen molar-refractivity contribution in [2.45, 2.75) is 52.4 Å². The lowest BCUT2D eigenvalue weighted by Gasteiger charge is -2.52. The van der Waals surface area contributed by atoms with E-state index < -0.39 is 0 Å². The van der Waals surface area contributed by atoms with E-state index in [0.29, 0.717) is 5.56 Å². The van der Waals surface area contributed by atoms with Crippen molar-refractivity contribution in [3.8, 4) is 0 Å². The van der Waals surface area contributed by atoms with E-state index >= 15 is 0 Å². The van der Waals surface area contributed by atoms with Crippen LogP contribution in [0.5, 0.6) is 0 Å². The molecule has 5 nitrogen and oxygen atoms in total. The zero-order valence-corrected chi connectivity index (χ0v) is 13.5. The first-order chi connectivity index (χ1) is 10.4. The van der Waals surface area contributed by atoms with Crippen LogP contribution >= 0.6 is 0 Å². The molecule has 0 bridgehead atoms. The first-order valence-electron chi connectivity index (χ1n) is 7.78. The molecule has 3 rings (SSSR count). The Kier molecular flexibility index (Phi) is 3.68. The molecule has 5 heteroatoms. The number of carbonyl (C=O) groups excluding carboxylic acids is 1. The van der Waals surface area contributed by atoms with Crippen molar-refractivity contribution in [3.05, 3.63) is 36.2 Å². The predicted octanol–water partition coefficient (Wildman–Crippen LogP) is 2.66. The molecule has 1 fully saturated rings. The number of carbonyl (C=O) groups is 1. The summed E-state index contributed by atoms with van der Waals surface area (Å²) in [6.45, 7) is 8.38. The Bertz CT molecular complexity index is 690. The quantitative estimate of drug-likeness (QED) is 0.944. The summed E-state index contributed by atoms with van der Waals surface area (Å²) >= 11 is 0. The number of nitrogens with one attached hydrogen (secondary N) is 1. The molecule has 1 saturated carbocycles. The minimum Gasteiger partial charge on any atom is -0.375 e. The van der Waals surface area contributed by atoms with Gasteiger partial charge in [-0.15, -0.1) is 0 Å². The van der Waals surface area contributed by atoms with Gasteiger partial charge in [0.05, 0.1) is 29.5 Å². The Morgan fingerprint density at radius 1 is 1.45 bits per heavy atom. The third kappa shape index (κ3) is 2.50. The normalized spacial score (nSPS) is 23.5. The van der Waals surface area contributed by atoms with E-state index in [0.717, 1.165) is 11.9 Å². The lowest BCUT2D eigenvalue weighted by atomic mass is 9.64. The highest BCUT2D eigenvalue weighted by atomic mass is 16.5. The number of nitrogens with zero attached hydrogens (tertiary/aromatic N) is 2. The lowest BCUT2D eigenvalue weighted by molar-refractivity contribution is -0.136. The average molecular weight is 301 g/mol. The maximum atomic E-state index is 12.6. The molecule has 0 aromatic carbocycles. The molecular weight excluding hydrogens is 278 g/mol. The summed E-state index contributed by atoms with van der Waals surface area (Å²) in [5.41, 5.74) is 1.43. The van der Waals surface area contributed by atoms with Gasteiger partial charge in [-0.1, -0.05) is 13.8 Å². The highest BCUT2D eigenvalue weighted by Gasteiger charge is 2.50. The molecule has 2 heterocycles. The zero-order chi connectivity index (χ0) is 15.9. The molecule has 0 saturated heterocycles. The number of fused-ring (bicyclic) bond motifs is 1. The Hall–Kier alpha value is -1.88. The molecule has 118 valence electrons. The van der Waals surface area contributed by atoms with Crippen molar-refractivity contribution >= 4 is 11.4 Å². The molecular formula is C17H23N3O2. The molecule has 1 N–H and O–H groups in total. The van der Waals surface area contributed by atoms with Crippen molar-refractivity contribution in [3.63, 3.8) is 0 Å². The molecule has 2 unspecified atom stereocenters. The Labute approximate surface area is 130 Å². The Balaban J connectivity index is 1.72. The number of amides is 1. The van der Waals surface area contributed by atoms with Crippen molar-refractivity contribution in [1.29, 1.82) is 0 Å². The van der Waals surface area contributed by atoms with Gasteiger partial charge in [-0.3, -0.25) is 4.79 Å². The van der Waals surface area contributed by atoms with E-state index in [1.54, 1.807) is 10.7 Å². The van der Waals surface area contributed by atoms with Crippen molar-refractivity contribution in [2.75, 3.05) is 0 Å². The third-order valence-corrected chi connectivity index (χ3v) is 4.60. The predicted molar refractivity (Wildman–Crippen MR) is 84.9 cm³/mol. The van der Waals surface area contributed by atoms with Crippen LogP contribution in [0.15, 0.2) is 30.6 Å². The van der Waals surface area contributed by atoms with Crippen LogP contribution in [0.3, 0.4) is 0 Å². The number of hydrogen-bond donors (Lipinski definition) is 1. The number of ether oxygens (including phenoxy) is 1. The summed E-state index contributed by atoms with van der Waals surface area (Å²) in [5.74, 6) is -0.0489. The Morgan fingerprint density at radius 3 is 2.91 bits per heavy atom. The number of pyridine rings is 1. The second-order valence-corrected chi connectivity index (χ2v) is 6.84. The standard InChI is InChI=1S/C17H23N3O2/c1-11(2)22-15-10-14(17(15,3)4)19-16(21)12-6-5-9-20-13(12)7-8-18-20/h5-9,11,14-15H,10H2,1-4H3,(H,19,21). The van der Waals surface area contributed by atoms with Gasteiger partial charge in [-0.25, -0.2) is 4.52 Å². The smallest absolute Gasteiger partial charge is 0.253 e. The van der Waals surface area contributed by atoms with Gasteiger partial charge in [-0.05, 0) is 38.5 Å². The topological polar surface area (TPSA) is 55.6 Å². The van der Waals surface area contributed by atoms with Crippen LogP contribution in [0.4, 0.5) is 0 Å². The number of rotatable bonds is 4. The SMILES string of the molecule is CC(C)OC1CC(NC(=O)c2cccn3nccc23)C1(C)C. The highest BCUT2D eigenvalue weighted by Crippen LogP contribution is 2.43. The van der Waals surface area contributed by atoms with Gasteiger partial charge in [0.15, 0.2) is 0 Å². The van der Waals surface area contributed by atoms with Crippen molar-refractivity contribution < 1.29 is 9.53 Å². The fraction of sp³-hybridized carbons (Fsp3) is 0.529. The molecule has 22 heavy (non-hydrogen) atoms. The largest absolute Gasteiger partial charge is 0.375 e. The van der Waals surface area contributed by atoms with E-state index in [4.69, 9.17) is 4.74 Å². The summed E-state index contributed by atoms with van der Waals surface area (Å²) in [6, 6.07) is 5.66. The molecule has 1 amide bonds. The fourth-order valence-corrected chi connectivity index (χ4v) is 3.07. The summed E-state index contributed by atoms with van der Waals surface area (Å²) in [6.07, 6.45) is 4.81. The van der Waals surface area contributed by atoms with E-state index in [1.807, 2.05) is 38.2 Å². The monoisotopic (exact) mass is 301 g/mol. The number of aromatic nitrogens is 2. The molecule has 0 aliphatic heterocycles. The maximum absolute atomic E-state index is 12.6. The number of hydrogen-bond acceptors (Lipinski definition) is 3. The van der Waals surface area contributed by atoms with Gasteiger partial charge in [0.25, 0.3) is 5.91 Å². The van der Waals surface area contributed by atoms with Crippen LogP contribution in [0.25, 0.3) is 5.52 Å². The van der Waals surface area contributed by atoms with Gasteiger partial charge in [0, 0.05) is 17.7 Å². The van der Waals surface area contributed by atoms with E-state index in [9.17, 15) is 4.79 Å². The van der Waals surface area contributed by atoms with Gasteiger partial charge < -0.3 is 10.1 Å². The van der Waals surface area contributed by atoms with Gasteiger partial charge >= 0.3 is 0 Å². The zero-order valence-electron chi connectivity index (χ0n) is 13.5. The first kappa shape index (κ1) is 15.0. The molecule has 0 radical (unpaired) electrons. The molecule has 0 spiro atoms. The maximum Gasteiger partial charge on any atom is 0.253 e. The molecule has 2 aromatic heterocycles. The first-order valence-corrected chi connectivity index (χ1v) is 7.78. The van der Waals surface area contributed by atoms with Crippen molar-refractivity contribution in [2.24, 2.45) is 5.41 Å². The van der Waals surface area contributed by atoms with Crippen LogP contribution in [0, 0.1) is 5.41 Å². The second kappa shape index (κ2) is 5.39. The summed E-state index contributed by atoms with van der Waals surface area (Å²) in [4.78, 5) is 12.6. The summed E-state index contributed by atoms with van der Waals surface area (Å²) in [7, 11) is 0. The van der Waals surface area contributed by atoms with E-state index in [2.05, 4.69) is 24.3 Å². The van der Waals surface area contributed by atoms with Crippen LogP contribution in [-0.2, 0) is 4.74 Å².